The predicted molar refractivity (Wildman–Crippen MR) is 62.1 cm³/mol. The summed E-state index contributed by atoms with van der Waals surface area (Å²) in [5.41, 5.74) is 0. The number of aliphatic hydroxyl groups is 1. The van der Waals surface area contributed by atoms with E-state index < -0.39 is 48.6 Å². The fourth-order valence-electron chi connectivity index (χ4n) is 3.90. The molecule has 3 fully saturated rings. The Labute approximate surface area is 115 Å². The second-order valence-corrected chi connectivity index (χ2v) is 5.38. The van der Waals surface area contributed by atoms with Crippen LogP contribution in [0.3, 0.4) is 0 Å². The molecule has 20 heavy (non-hydrogen) atoms. The van der Waals surface area contributed by atoms with Gasteiger partial charge in [-0.1, -0.05) is 0 Å². The topological polar surface area (TPSA) is 99.1 Å². The van der Waals surface area contributed by atoms with Crippen LogP contribution in [0.15, 0.2) is 0 Å². The van der Waals surface area contributed by atoms with Crippen LogP contribution < -0.4 is 0 Å². The molecule has 2 aliphatic carbocycles. The van der Waals surface area contributed by atoms with E-state index in [1.807, 2.05) is 0 Å². The summed E-state index contributed by atoms with van der Waals surface area (Å²) < 4.78 is 15.4. The summed E-state index contributed by atoms with van der Waals surface area (Å²) >= 11 is 0. The summed E-state index contributed by atoms with van der Waals surface area (Å²) in [5, 5.41) is 8.77. The maximum absolute atomic E-state index is 12.0. The normalized spacial score (nSPS) is 40.6. The van der Waals surface area contributed by atoms with Crippen LogP contribution in [0.1, 0.15) is 13.3 Å². The molecule has 110 valence electrons. The number of rotatable bonds is 4. The Balaban J connectivity index is 1.85. The first-order chi connectivity index (χ1) is 9.58. The second kappa shape index (κ2) is 4.73. The smallest absolute Gasteiger partial charge is 0.332 e. The van der Waals surface area contributed by atoms with Crippen LogP contribution in [0.2, 0.25) is 0 Å². The summed E-state index contributed by atoms with van der Waals surface area (Å²) in [6.07, 6.45) is -0.538. The number of hydrogen-bond donors (Lipinski definition) is 1. The molecule has 1 heterocycles. The maximum atomic E-state index is 12.0. The Hall–Kier alpha value is -1.63. The average Bonchev–Trinajstić information content (AvgIpc) is 3.01. The van der Waals surface area contributed by atoms with E-state index in [2.05, 4.69) is 0 Å². The number of carbonyl (C=O) groups excluding carboxylic acids is 3. The van der Waals surface area contributed by atoms with Gasteiger partial charge < -0.3 is 19.3 Å². The van der Waals surface area contributed by atoms with Gasteiger partial charge in [-0.25, -0.2) is 4.79 Å². The lowest BCUT2D eigenvalue weighted by Gasteiger charge is -2.29. The maximum Gasteiger partial charge on any atom is 0.332 e. The van der Waals surface area contributed by atoms with Crippen molar-refractivity contribution in [3.8, 4) is 0 Å². The van der Waals surface area contributed by atoms with Crippen LogP contribution in [0.5, 0.6) is 0 Å². The van der Waals surface area contributed by atoms with E-state index in [1.54, 1.807) is 6.92 Å². The highest BCUT2D eigenvalue weighted by Crippen LogP contribution is 2.58. The van der Waals surface area contributed by atoms with Crippen molar-refractivity contribution in [2.24, 2.45) is 23.7 Å². The van der Waals surface area contributed by atoms with E-state index in [4.69, 9.17) is 19.3 Å². The van der Waals surface area contributed by atoms with Crippen LogP contribution in [0, 0.1) is 23.7 Å². The van der Waals surface area contributed by atoms with E-state index >= 15 is 0 Å². The predicted octanol–water partition coefficient (Wildman–Crippen LogP) is -0.739. The van der Waals surface area contributed by atoms with Gasteiger partial charge in [-0.05, 0) is 13.3 Å². The zero-order valence-electron chi connectivity index (χ0n) is 11.0. The molecule has 7 heteroatoms. The van der Waals surface area contributed by atoms with Crippen molar-refractivity contribution >= 4 is 17.9 Å². The van der Waals surface area contributed by atoms with Crippen molar-refractivity contribution in [3.63, 3.8) is 0 Å². The molecule has 3 aliphatic rings. The molecule has 0 aromatic carbocycles. The third-order valence-electron chi connectivity index (χ3n) is 4.50. The molecular weight excluding hydrogens is 268 g/mol. The third-order valence-corrected chi connectivity index (χ3v) is 4.50. The Morgan fingerprint density at radius 1 is 1.40 bits per heavy atom. The Morgan fingerprint density at radius 3 is 2.80 bits per heavy atom. The summed E-state index contributed by atoms with van der Waals surface area (Å²) in [6, 6.07) is 0. The van der Waals surface area contributed by atoms with Crippen LogP contribution >= 0.6 is 0 Å². The van der Waals surface area contributed by atoms with Gasteiger partial charge in [-0.2, -0.15) is 0 Å². The van der Waals surface area contributed by atoms with Gasteiger partial charge >= 0.3 is 17.9 Å². The first-order valence-electron chi connectivity index (χ1n) is 6.76. The van der Waals surface area contributed by atoms with Gasteiger partial charge in [0.15, 0.2) is 0 Å². The van der Waals surface area contributed by atoms with Crippen LogP contribution in [-0.2, 0) is 28.6 Å². The molecule has 0 amide bonds. The number of esters is 3. The van der Waals surface area contributed by atoms with Crippen molar-refractivity contribution in [1.29, 1.82) is 0 Å². The summed E-state index contributed by atoms with van der Waals surface area (Å²) in [6.45, 7) is 1.20. The molecular formula is C13H16O7. The Morgan fingerprint density at radius 2 is 2.15 bits per heavy atom. The number of hydrogen-bond acceptors (Lipinski definition) is 7. The standard InChI is InChI=1S/C13H16O7/c1-2-18-12(16)8-5-3-6-9(8)13(17)20-11(6)10(5)19-7(15)4-14/h5-6,8-11,14H,2-4H2,1H3. The Kier molecular flexibility index (Phi) is 3.16. The highest BCUT2D eigenvalue weighted by Gasteiger charge is 2.70. The van der Waals surface area contributed by atoms with Gasteiger partial charge in [0.25, 0.3) is 0 Å². The van der Waals surface area contributed by atoms with Crippen molar-refractivity contribution in [3.05, 3.63) is 0 Å². The van der Waals surface area contributed by atoms with Gasteiger partial charge in [0.2, 0.25) is 0 Å². The largest absolute Gasteiger partial charge is 0.466 e. The lowest BCUT2D eigenvalue weighted by Crippen LogP contribution is -2.44. The molecule has 1 N–H and O–H groups in total. The fourth-order valence-corrected chi connectivity index (χ4v) is 3.90. The molecule has 2 saturated carbocycles. The van der Waals surface area contributed by atoms with Gasteiger partial charge in [0.1, 0.15) is 18.8 Å². The first kappa shape index (κ1) is 13.4. The van der Waals surface area contributed by atoms with Crippen molar-refractivity contribution < 1.29 is 33.7 Å². The highest BCUT2D eigenvalue weighted by atomic mass is 16.6. The van der Waals surface area contributed by atoms with Crippen LogP contribution in [-0.4, -0.2) is 48.4 Å². The second-order valence-electron chi connectivity index (χ2n) is 5.38. The molecule has 7 nitrogen and oxygen atoms in total. The Bertz CT molecular complexity index is 460. The molecule has 6 unspecified atom stereocenters. The molecule has 0 aromatic rings. The van der Waals surface area contributed by atoms with Crippen LogP contribution in [0.4, 0.5) is 0 Å². The number of fused-ring (bicyclic) bond motifs is 1. The number of aliphatic hydroxyl groups excluding tert-OH is 1. The minimum Gasteiger partial charge on any atom is -0.466 e. The van der Waals surface area contributed by atoms with Crippen LogP contribution in [0.25, 0.3) is 0 Å². The van der Waals surface area contributed by atoms with Gasteiger partial charge in [-0.3, -0.25) is 9.59 Å². The monoisotopic (exact) mass is 284 g/mol. The molecule has 0 radical (unpaired) electrons. The SMILES string of the molecule is CCOC(=O)C1C2CC3C(OC(=O)C31)C2OC(=O)CO. The van der Waals surface area contributed by atoms with Crippen molar-refractivity contribution in [2.45, 2.75) is 25.6 Å². The molecule has 2 bridgehead atoms. The van der Waals surface area contributed by atoms with Crippen molar-refractivity contribution in [2.75, 3.05) is 13.2 Å². The molecule has 6 atom stereocenters. The van der Waals surface area contributed by atoms with Gasteiger partial charge in [-0.15, -0.1) is 0 Å². The fraction of sp³-hybridized carbons (Fsp3) is 0.769. The van der Waals surface area contributed by atoms with Crippen molar-refractivity contribution in [1.82, 2.24) is 0 Å². The molecule has 3 rings (SSSR count). The third kappa shape index (κ3) is 1.72. The molecule has 0 aromatic heterocycles. The van der Waals surface area contributed by atoms with E-state index in [0.717, 1.165) is 0 Å². The highest BCUT2D eigenvalue weighted by molar-refractivity contribution is 5.86. The molecule has 1 saturated heterocycles. The van der Waals surface area contributed by atoms with E-state index in [0.29, 0.717) is 6.42 Å². The molecule has 0 spiro atoms. The zero-order chi connectivity index (χ0) is 14.4. The van der Waals surface area contributed by atoms with E-state index in [1.165, 1.54) is 0 Å². The zero-order valence-corrected chi connectivity index (χ0v) is 11.0. The van der Waals surface area contributed by atoms with Gasteiger partial charge in [0.05, 0.1) is 18.4 Å². The van der Waals surface area contributed by atoms with E-state index in [-0.39, 0.29) is 18.4 Å². The lowest BCUT2D eigenvalue weighted by molar-refractivity contribution is -0.167. The summed E-state index contributed by atoms with van der Waals surface area (Å²) in [4.78, 5) is 35.2. The van der Waals surface area contributed by atoms with Gasteiger partial charge in [0, 0.05) is 11.8 Å². The minimum absolute atomic E-state index is 0.0987. The van der Waals surface area contributed by atoms with E-state index in [9.17, 15) is 14.4 Å². The lowest BCUT2D eigenvalue weighted by atomic mass is 9.78. The average molecular weight is 284 g/mol. The first-order valence-corrected chi connectivity index (χ1v) is 6.76. The minimum atomic E-state index is -0.773. The summed E-state index contributed by atoms with van der Waals surface area (Å²) in [5.74, 6) is -3.08. The summed E-state index contributed by atoms with van der Waals surface area (Å²) in [7, 11) is 0. The molecule has 1 aliphatic heterocycles. The number of ether oxygens (including phenoxy) is 3. The quantitative estimate of drug-likeness (QED) is 0.536. The number of carbonyl (C=O) groups is 3.